The van der Waals surface area contributed by atoms with Gasteiger partial charge in [-0.15, -0.1) is 0 Å². The molecule has 3 nitrogen and oxygen atoms in total. The van der Waals surface area contributed by atoms with Gasteiger partial charge in [-0.25, -0.2) is 0 Å². The van der Waals surface area contributed by atoms with Crippen molar-refractivity contribution in [3.63, 3.8) is 0 Å². The minimum atomic E-state index is 0.126. The fraction of sp³-hybridized carbons (Fsp3) is 0.462. The van der Waals surface area contributed by atoms with Crippen LogP contribution in [0.25, 0.3) is 0 Å². The number of methoxy groups -OCH3 is 1. The van der Waals surface area contributed by atoms with Crippen LogP contribution < -0.4 is 4.74 Å². The Kier molecular flexibility index (Phi) is 3.60. The Morgan fingerprint density at radius 1 is 1.41 bits per heavy atom. The van der Waals surface area contributed by atoms with Crippen LogP contribution in [0.1, 0.15) is 12.5 Å². The van der Waals surface area contributed by atoms with Gasteiger partial charge in [-0.05, 0) is 36.4 Å². The Labute approximate surface area is 106 Å². The molecule has 17 heavy (non-hydrogen) atoms. The number of rotatable bonds is 4. The standard InChI is InChI=1S/C13H16N2OS/c1-13(17-10-14)8-15(9-13)7-11-3-5-12(16-2)6-4-11/h3-6H,7-9H2,1-2H3. The predicted molar refractivity (Wildman–Crippen MR) is 69.9 cm³/mol. The number of ether oxygens (including phenoxy) is 1. The molecule has 1 aromatic rings. The highest BCUT2D eigenvalue weighted by atomic mass is 32.2. The van der Waals surface area contributed by atoms with Gasteiger partial charge in [0.1, 0.15) is 11.2 Å². The summed E-state index contributed by atoms with van der Waals surface area (Å²) in [4.78, 5) is 2.35. The first-order chi connectivity index (χ1) is 8.15. The van der Waals surface area contributed by atoms with E-state index in [0.717, 1.165) is 25.4 Å². The average Bonchev–Trinajstić information content (AvgIpc) is 2.28. The Balaban J connectivity index is 1.85. The van der Waals surface area contributed by atoms with E-state index < -0.39 is 0 Å². The third kappa shape index (κ3) is 2.93. The molecule has 0 aliphatic carbocycles. The van der Waals surface area contributed by atoms with E-state index in [-0.39, 0.29) is 4.75 Å². The number of nitrogens with zero attached hydrogens (tertiary/aromatic N) is 2. The van der Waals surface area contributed by atoms with Crippen molar-refractivity contribution in [2.45, 2.75) is 18.2 Å². The summed E-state index contributed by atoms with van der Waals surface area (Å²) in [5, 5.41) is 10.9. The smallest absolute Gasteiger partial charge is 0.134 e. The molecule has 1 saturated heterocycles. The van der Waals surface area contributed by atoms with E-state index in [1.165, 1.54) is 17.3 Å². The molecule has 90 valence electrons. The van der Waals surface area contributed by atoms with Gasteiger partial charge in [-0.3, -0.25) is 4.90 Å². The molecule has 0 unspecified atom stereocenters. The highest BCUT2D eigenvalue weighted by Gasteiger charge is 2.39. The molecule has 0 radical (unpaired) electrons. The molecule has 1 aliphatic rings. The van der Waals surface area contributed by atoms with Crippen LogP contribution in [0.3, 0.4) is 0 Å². The summed E-state index contributed by atoms with van der Waals surface area (Å²) >= 11 is 1.38. The van der Waals surface area contributed by atoms with E-state index in [0.29, 0.717) is 0 Å². The molecule has 0 amide bonds. The quantitative estimate of drug-likeness (QED) is 0.767. The summed E-state index contributed by atoms with van der Waals surface area (Å²) in [7, 11) is 1.68. The molecule has 0 atom stereocenters. The maximum absolute atomic E-state index is 8.68. The lowest BCUT2D eigenvalue weighted by Crippen LogP contribution is -2.56. The average molecular weight is 248 g/mol. The van der Waals surface area contributed by atoms with Crippen LogP contribution in [0.2, 0.25) is 0 Å². The Bertz CT molecular complexity index is 418. The molecule has 0 spiro atoms. The number of benzene rings is 1. The zero-order valence-electron chi connectivity index (χ0n) is 10.1. The number of hydrogen-bond donors (Lipinski definition) is 0. The van der Waals surface area contributed by atoms with Crippen LogP contribution in [0, 0.1) is 10.7 Å². The van der Waals surface area contributed by atoms with E-state index >= 15 is 0 Å². The first kappa shape index (κ1) is 12.3. The van der Waals surface area contributed by atoms with Crippen LogP contribution in [0.15, 0.2) is 24.3 Å². The van der Waals surface area contributed by atoms with E-state index in [2.05, 4.69) is 29.4 Å². The van der Waals surface area contributed by atoms with Crippen LogP contribution in [-0.4, -0.2) is 29.8 Å². The molecular weight excluding hydrogens is 232 g/mol. The van der Waals surface area contributed by atoms with Gasteiger partial charge in [0.15, 0.2) is 0 Å². The summed E-state index contributed by atoms with van der Waals surface area (Å²) in [6, 6.07) is 8.15. The number of hydrogen-bond acceptors (Lipinski definition) is 4. The molecule has 1 fully saturated rings. The Hall–Kier alpha value is -1.18. The summed E-state index contributed by atoms with van der Waals surface area (Å²) in [5.74, 6) is 0.891. The maximum Gasteiger partial charge on any atom is 0.134 e. The number of likely N-dealkylation sites (tertiary alicyclic amines) is 1. The monoisotopic (exact) mass is 248 g/mol. The summed E-state index contributed by atoms with van der Waals surface area (Å²) in [5.41, 5.74) is 1.29. The van der Waals surface area contributed by atoms with Gasteiger partial charge >= 0.3 is 0 Å². The van der Waals surface area contributed by atoms with Crippen molar-refractivity contribution in [1.82, 2.24) is 4.90 Å². The molecular formula is C13H16N2OS. The van der Waals surface area contributed by atoms with E-state index in [9.17, 15) is 0 Å². The van der Waals surface area contributed by atoms with Crippen molar-refractivity contribution in [1.29, 1.82) is 5.26 Å². The lowest BCUT2D eigenvalue weighted by molar-refractivity contribution is 0.130. The molecule has 0 N–H and O–H groups in total. The van der Waals surface area contributed by atoms with Crippen molar-refractivity contribution in [3.8, 4) is 11.2 Å². The SMILES string of the molecule is COc1ccc(CN2CC(C)(SC#N)C2)cc1. The van der Waals surface area contributed by atoms with Gasteiger partial charge in [0.25, 0.3) is 0 Å². The van der Waals surface area contributed by atoms with Gasteiger partial charge in [-0.2, -0.15) is 5.26 Å². The van der Waals surface area contributed by atoms with Gasteiger partial charge in [0.2, 0.25) is 0 Å². The van der Waals surface area contributed by atoms with Crippen molar-refractivity contribution in [2.75, 3.05) is 20.2 Å². The summed E-state index contributed by atoms with van der Waals surface area (Å²) in [6.07, 6.45) is 0. The molecule has 1 heterocycles. The van der Waals surface area contributed by atoms with E-state index in [1.54, 1.807) is 7.11 Å². The minimum Gasteiger partial charge on any atom is -0.497 e. The molecule has 4 heteroatoms. The number of thioether (sulfide) groups is 1. The Morgan fingerprint density at radius 3 is 2.59 bits per heavy atom. The fourth-order valence-electron chi connectivity index (χ4n) is 2.18. The molecule has 0 bridgehead atoms. The first-order valence-electron chi connectivity index (χ1n) is 5.57. The fourth-order valence-corrected chi connectivity index (χ4v) is 2.89. The van der Waals surface area contributed by atoms with E-state index in [1.807, 2.05) is 12.1 Å². The zero-order valence-corrected chi connectivity index (χ0v) is 11.0. The molecule has 1 aromatic carbocycles. The lowest BCUT2D eigenvalue weighted by Gasteiger charge is -2.46. The van der Waals surface area contributed by atoms with Crippen molar-refractivity contribution in [3.05, 3.63) is 29.8 Å². The summed E-state index contributed by atoms with van der Waals surface area (Å²) < 4.78 is 5.25. The highest BCUT2D eigenvalue weighted by molar-refractivity contribution is 8.05. The molecule has 0 aromatic heterocycles. The maximum atomic E-state index is 8.68. The normalized spacial score (nSPS) is 18.2. The van der Waals surface area contributed by atoms with Crippen LogP contribution >= 0.6 is 11.8 Å². The predicted octanol–water partition coefficient (Wildman–Crippen LogP) is 2.48. The second kappa shape index (κ2) is 4.99. The van der Waals surface area contributed by atoms with Crippen molar-refractivity contribution < 1.29 is 4.74 Å². The zero-order chi connectivity index (χ0) is 12.3. The molecule has 0 saturated carbocycles. The van der Waals surface area contributed by atoms with Crippen LogP contribution in [0.5, 0.6) is 5.75 Å². The van der Waals surface area contributed by atoms with Gasteiger partial charge in [-0.1, -0.05) is 12.1 Å². The number of nitriles is 1. The third-order valence-corrected chi connectivity index (χ3v) is 3.82. The third-order valence-electron chi connectivity index (χ3n) is 2.97. The van der Waals surface area contributed by atoms with E-state index in [4.69, 9.17) is 10.00 Å². The summed E-state index contributed by atoms with van der Waals surface area (Å²) in [6.45, 7) is 5.06. The second-order valence-corrected chi connectivity index (χ2v) is 6.01. The molecule has 2 rings (SSSR count). The van der Waals surface area contributed by atoms with Gasteiger partial charge in [0, 0.05) is 19.6 Å². The first-order valence-corrected chi connectivity index (χ1v) is 6.39. The lowest BCUT2D eigenvalue weighted by atomic mass is 10.0. The van der Waals surface area contributed by atoms with Crippen LogP contribution in [-0.2, 0) is 6.54 Å². The van der Waals surface area contributed by atoms with Crippen molar-refractivity contribution in [2.24, 2.45) is 0 Å². The Morgan fingerprint density at radius 2 is 2.06 bits per heavy atom. The van der Waals surface area contributed by atoms with Crippen LogP contribution in [0.4, 0.5) is 0 Å². The van der Waals surface area contributed by atoms with Gasteiger partial charge in [0.05, 0.1) is 11.9 Å². The van der Waals surface area contributed by atoms with Crippen molar-refractivity contribution >= 4 is 11.8 Å². The largest absolute Gasteiger partial charge is 0.497 e. The second-order valence-electron chi connectivity index (χ2n) is 4.64. The highest BCUT2D eigenvalue weighted by Crippen LogP contribution is 2.34. The topological polar surface area (TPSA) is 36.3 Å². The van der Waals surface area contributed by atoms with Gasteiger partial charge < -0.3 is 4.74 Å². The minimum absolute atomic E-state index is 0.126. The number of thiocyanates is 1. The molecule has 1 aliphatic heterocycles.